The first-order chi connectivity index (χ1) is 14.4. The molecular weight excluding hydrogens is 419 g/mol. The molecule has 160 valence electrons. The van der Waals surface area contributed by atoms with Crippen LogP contribution in [0.15, 0.2) is 48.5 Å². The summed E-state index contributed by atoms with van der Waals surface area (Å²) >= 11 is 11.9. The Kier molecular flexibility index (Phi) is 7.79. The summed E-state index contributed by atoms with van der Waals surface area (Å²) in [6.45, 7) is 5.29. The van der Waals surface area contributed by atoms with E-state index < -0.39 is 6.04 Å². The zero-order valence-corrected chi connectivity index (χ0v) is 18.9. The standard InChI is InChI=1S/C24H28Cl2N2O2/c1-16(2)22(27-23(29)20-5-3-4-17(14-20)15-25)24(30)28-12-10-19(11-13-28)18-6-8-21(26)9-7-18/h3-9,14,16,19,22H,10-13,15H2,1-2H3,(H,27,29). The van der Waals surface area contributed by atoms with Gasteiger partial charge in [0, 0.05) is 29.6 Å². The quantitative estimate of drug-likeness (QED) is 0.616. The van der Waals surface area contributed by atoms with Crippen LogP contribution in [0.5, 0.6) is 0 Å². The van der Waals surface area contributed by atoms with E-state index in [1.165, 1.54) is 5.56 Å². The van der Waals surface area contributed by atoms with E-state index in [1.54, 1.807) is 18.2 Å². The largest absolute Gasteiger partial charge is 0.341 e. The van der Waals surface area contributed by atoms with Gasteiger partial charge in [-0.15, -0.1) is 11.6 Å². The maximum absolute atomic E-state index is 13.2. The van der Waals surface area contributed by atoms with Crippen molar-refractivity contribution < 1.29 is 9.59 Å². The second-order valence-electron chi connectivity index (χ2n) is 8.18. The average Bonchev–Trinajstić information content (AvgIpc) is 2.77. The molecule has 2 aromatic carbocycles. The molecule has 1 heterocycles. The molecule has 0 aromatic heterocycles. The van der Waals surface area contributed by atoms with Crippen LogP contribution < -0.4 is 5.32 Å². The number of carbonyl (C=O) groups excluding carboxylic acids is 2. The Morgan fingerprint density at radius 3 is 2.37 bits per heavy atom. The lowest BCUT2D eigenvalue weighted by Gasteiger charge is -2.35. The molecule has 1 saturated heterocycles. The molecule has 2 amide bonds. The van der Waals surface area contributed by atoms with Gasteiger partial charge in [0.15, 0.2) is 0 Å². The van der Waals surface area contributed by atoms with Gasteiger partial charge >= 0.3 is 0 Å². The summed E-state index contributed by atoms with van der Waals surface area (Å²) in [5.41, 5.74) is 2.66. The average molecular weight is 447 g/mol. The molecule has 0 aliphatic carbocycles. The molecule has 1 aliphatic rings. The second-order valence-corrected chi connectivity index (χ2v) is 8.88. The van der Waals surface area contributed by atoms with E-state index in [2.05, 4.69) is 17.4 Å². The molecule has 1 fully saturated rings. The number of nitrogens with zero attached hydrogens (tertiary/aromatic N) is 1. The van der Waals surface area contributed by atoms with E-state index in [1.807, 2.05) is 36.9 Å². The summed E-state index contributed by atoms with van der Waals surface area (Å²) < 4.78 is 0. The molecule has 2 aromatic rings. The molecule has 4 nitrogen and oxygen atoms in total. The zero-order chi connectivity index (χ0) is 21.7. The Balaban J connectivity index is 1.63. The minimum absolute atomic E-state index is 0.00773. The number of carbonyl (C=O) groups is 2. The van der Waals surface area contributed by atoms with Crippen LogP contribution >= 0.6 is 23.2 Å². The van der Waals surface area contributed by atoms with E-state index in [0.717, 1.165) is 23.4 Å². The van der Waals surface area contributed by atoms with Gasteiger partial charge < -0.3 is 10.2 Å². The van der Waals surface area contributed by atoms with Gasteiger partial charge in [0.05, 0.1) is 0 Å². The zero-order valence-electron chi connectivity index (χ0n) is 17.4. The Hall–Kier alpha value is -2.04. The van der Waals surface area contributed by atoms with Crippen molar-refractivity contribution in [1.82, 2.24) is 10.2 Å². The van der Waals surface area contributed by atoms with Crippen molar-refractivity contribution in [3.8, 4) is 0 Å². The fraction of sp³-hybridized carbons (Fsp3) is 0.417. The van der Waals surface area contributed by atoms with Gasteiger partial charge in [0.25, 0.3) is 5.91 Å². The van der Waals surface area contributed by atoms with E-state index >= 15 is 0 Å². The molecule has 0 saturated carbocycles. The molecule has 1 unspecified atom stereocenters. The highest BCUT2D eigenvalue weighted by Gasteiger charge is 2.31. The Bertz CT molecular complexity index is 875. The molecule has 0 bridgehead atoms. The number of benzene rings is 2. The fourth-order valence-electron chi connectivity index (χ4n) is 3.90. The normalized spacial score (nSPS) is 15.8. The number of nitrogens with one attached hydrogen (secondary N) is 1. The Morgan fingerprint density at radius 1 is 1.10 bits per heavy atom. The lowest BCUT2D eigenvalue weighted by Crippen LogP contribution is -2.52. The van der Waals surface area contributed by atoms with Crippen molar-refractivity contribution in [3.63, 3.8) is 0 Å². The predicted octanol–water partition coefficient (Wildman–Crippen LogP) is 5.24. The third-order valence-corrected chi connectivity index (χ3v) is 6.27. The Labute approximate surface area is 188 Å². The van der Waals surface area contributed by atoms with E-state index in [-0.39, 0.29) is 17.7 Å². The van der Waals surface area contributed by atoms with Crippen molar-refractivity contribution in [3.05, 3.63) is 70.2 Å². The molecule has 0 radical (unpaired) electrons. The highest BCUT2D eigenvalue weighted by molar-refractivity contribution is 6.30. The number of hydrogen-bond acceptors (Lipinski definition) is 2. The molecule has 30 heavy (non-hydrogen) atoms. The third kappa shape index (κ3) is 5.55. The van der Waals surface area contributed by atoms with Crippen LogP contribution in [0.1, 0.15) is 54.1 Å². The van der Waals surface area contributed by atoms with Gasteiger partial charge in [-0.2, -0.15) is 0 Å². The number of rotatable bonds is 6. The third-order valence-electron chi connectivity index (χ3n) is 5.71. The highest BCUT2D eigenvalue weighted by Crippen LogP contribution is 2.29. The lowest BCUT2D eigenvalue weighted by atomic mass is 9.89. The van der Waals surface area contributed by atoms with Crippen LogP contribution in [0.2, 0.25) is 5.02 Å². The highest BCUT2D eigenvalue weighted by atomic mass is 35.5. The van der Waals surface area contributed by atoms with Gasteiger partial charge in [-0.1, -0.05) is 49.7 Å². The SMILES string of the molecule is CC(C)C(NC(=O)c1cccc(CCl)c1)C(=O)N1CCC(c2ccc(Cl)cc2)CC1. The maximum Gasteiger partial charge on any atom is 0.251 e. The number of halogens is 2. The predicted molar refractivity (Wildman–Crippen MR) is 122 cm³/mol. The molecule has 1 N–H and O–H groups in total. The van der Waals surface area contributed by atoms with Gasteiger partial charge in [0.1, 0.15) is 6.04 Å². The van der Waals surface area contributed by atoms with Crippen molar-refractivity contribution >= 4 is 35.0 Å². The molecular formula is C24H28Cl2N2O2. The maximum atomic E-state index is 13.2. The van der Waals surface area contributed by atoms with Crippen LogP contribution in [0.3, 0.4) is 0 Å². The summed E-state index contributed by atoms with van der Waals surface area (Å²) in [5, 5.41) is 3.68. The first-order valence-corrected chi connectivity index (χ1v) is 11.3. The first-order valence-electron chi connectivity index (χ1n) is 10.4. The molecule has 0 spiro atoms. The van der Waals surface area contributed by atoms with Gasteiger partial charge in [0.2, 0.25) is 5.91 Å². The summed E-state index contributed by atoms with van der Waals surface area (Å²) in [6.07, 6.45) is 1.81. The molecule has 3 rings (SSSR count). The van der Waals surface area contributed by atoms with Gasteiger partial charge in [-0.3, -0.25) is 9.59 Å². The van der Waals surface area contributed by atoms with Crippen LogP contribution in [0.25, 0.3) is 0 Å². The Morgan fingerprint density at radius 2 is 1.77 bits per heavy atom. The topological polar surface area (TPSA) is 49.4 Å². The van der Waals surface area contributed by atoms with Gasteiger partial charge in [-0.25, -0.2) is 0 Å². The monoisotopic (exact) mass is 446 g/mol. The number of piperidine rings is 1. The molecule has 6 heteroatoms. The number of alkyl halides is 1. The lowest BCUT2D eigenvalue weighted by molar-refractivity contribution is -0.135. The first kappa shape index (κ1) is 22.6. The number of hydrogen-bond donors (Lipinski definition) is 1. The van der Waals surface area contributed by atoms with Crippen LogP contribution in [-0.2, 0) is 10.7 Å². The molecule has 1 aliphatic heterocycles. The van der Waals surface area contributed by atoms with E-state index in [9.17, 15) is 9.59 Å². The van der Waals surface area contributed by atoms with E-state index in [0.29, 0.717) is 30.5 Å². The summed E-state index contributed by atoms with van der Waals surface area (Å²) in [6, 6.07) is 14.6. The number of amides is 2. The summed E-state index contributed by atoms with van der Waals surface area (Å²) in [4.78, 5) is 27.8. The summed E-state index contributed by atoms with van der Waals surface area (Å²) in [7, 11) is 0. The van der Waals surface area contributed by atoms with Crippen molar-refractivity contribution in [2.24, 2.45) is 5.92 Å². The van der Waals surface area contributed by atoms with Crippen molar-refractivity contribution in [2.75, 3.05) is 13.1 Å². The summed E-state index contributed by atoms with van der Waals surface area (Å²) in [5.74, 6) is 0.505. The second kappa shape index (κ2) is 10.3. The van der Waals surface area contributed by atoms with E-state index in [4.69, 9.17) is 23.2 Å². The minimum atomic E-state index is -0.552. The van der Waals surface area contributed by atoms with Crippen molar-refractivity contribution in [2.45, 2.75) is 44.5 Å². The van der Waals surface area contributed by atoms with Crippen LogP contribution in [0, 0.1) is 5.92 Å². The minimum Gasteiger partial charge on any atom is -0.341 e. The smallest absolute Gasteiger partial charge is 0.251 e. The van der Waals surface area contributed by atoms with Crippen molar-refractivity contribution in [1.29, 1.82) is 0 Å². The fourth-order valence-corrected chi connectivity index (χ4v) is 4.19. The van der Waals surface area contributed by atoms with Gasteiger partial charge in [-0.05, 0) is 60.1 Å². The molecule has 1 atom stereocenters. The van der Waals surface area contributed by atoms with Crippen LogP contribution in [0.4, 0.5) is 0 Å². The van der Waals surface area contributed by atoms with Crippen LogP contribution in [-0.4, -0.2) is 35.8 Å². The number of likely N-dealkylation sites (tertiary alicyclic amines) is 1.